The normalized spacial score (nSPS) is 18.6. The first-order chi connectivity index (χ1) is 9.84. The zero-order chi connectivity index (χ0) is 13.8. The molecule has 1 atom stereocenters. The number of hydrogen-bond acceptors (Lipinski definition) is 3. The Kier molecular flexibility index (Phi) is 4.53. The van der Waals surface area contributed by atoms with Crippen molar-refractivity contribution in [2.24, 2.45) is 0 Å². The molecule has 2 nitrogen and oxygen atoms in total. The van der Waals surface area contributed by atoms with E-state index in [1.54, 1.807) is 22.7 Å². The number of carbonyl (C=O) groups excluding carboxylic acids is 1. The summed E-state index contributed by atoms with van der Waals surface area (Å²) in [5.74, 6) is 0.331. The van der Waals surface area contributed by atoms with Crippen LogP contribution in [0, 0.1) is 0 Å². The molecule has 1 fully saturated rings. The molecule has 0 bridgehead atoms. The fourth-order valence-corrected chi connectivity index (χ4v) is 4.48. The van der Waals surface area contributed by atoms with Crippen LogP contribution in [-0.4, -0.2) is 17.4 Å². The number of likely N-dealkylation sites (tertiary alicyclic amines) is 1. The maximum absolute atomic E-state index is 12.4. The molecule has 1 saturated heterocycles. The lowest BCUT2D eigenvalue weighted by Crippen LogP contribution is -2.29. The van der Waals surface area contributed by atoms with Crippen molar-refractivity contribution in [3.63, 3.8) is 0 Å². The van der Waals surface area contributed by atoms with E-state index in [-0.39, 0.29) is 0 Å². The number of thiophene rings is 2. The van der Waals surface area contributed by atoms with Crippen LogP contribution in [0.2, 0.25) is 0 Å². The number of carbonyl (C=O) groups is 1. The van der Waals surface area contributed by atoms with Gasteiger partial charge in [0.25, 0.3) is 0 Å². The van der Waals surface area contributed by atoms with Gasteiger partial charge in [-0.1, -0.05) is 12.1 Å². The van der Waals surface area contributed by atoms with Crippen molar-refractivity contribution in [2.45, 2.75) is 38.1 Å². The summed E-state index contributed by atoms with van der Waals surface area (Å²) in [6.45, 7) is 0.931. The van der Waals surface area contributed by atoms with E-state index in [2.05, 4.69) is 39.9 Å². The van der Waals surface area contributed by atoms with Crippen LogP contribution in [0.4, 0.5) is 0 Å². The molecule has 0 radical (unpaired) electrons. The second kappa shape index (κ2) is 6.55. The van der Waals surface area contributed by atoms with Crippen molar-refractivity contribution in [3.8, 4) is 0 Å². The molecular formula is C16H19NOS2. The Morgan fingerprint density at radius 2 is 2.10 bits per heavy atom. The maximum Gasteiger partial charge on any atom is 0.223 e. The Bertz CT molecular complexity index is 533. The third-order valence-corrected chi connectivity index (χ3v) is 5.75. The molecule has 0 spiro atoms. The average Bonchev–Trinajstić information content (AvgIpc) is 3.19. The SMILES string of the molecule is O=C(CCCc1cccs1)N1CCC[C@@H]1c1cccs1. The van der Waals surface area contributed by atoms with Crippen LogP contribution in [0.3, 0.4) is 0 Å². The average molecular weight is 305 g/mol. The lowest BCUT2D eigenvalue weighted by atomic mass is 10.1. The van der Waals surface area contributed by atoms with Gasteiger partial charge >= 0.3 is 0 Å². The predicted molar refractivity (Wildman–Crippen MR) is 85.3 cm³/mol. The summed E-state index contributed by atoms with van der Waals surface area (Å²) in [6.07, 6.45) is 4.93. The summed E-state index contributed by atoms with van der Waals surface area (Å²) in [6, 6.07) is 8.81. The molecule has 0 unspecified atom stereocenters. The van der Waals surface area contributed by atoms with Crippen LogP contribution in [0.15, 0.2) is 35.0 Å². The molecule has 20 heavy (non-hydrogen) atoms. The second-order valence-electron chi connectivity index (χ2n) is 5.19. The molecule has 1 amide bonds. The van der Waals surface area contributed by atoms with Crippen LogP contribution in [0.5, 0.6) is 0 Å². The Morgan fingerprint density at radius 1 is 1.25 bits per heavy atom. The molecule has 106 valence electrons. The maximum atomic E-state index is 12.4. The summed E-state index contributed by atoms with van der Waals surface area (Å²) in [5.41, 5.74) is 0. The minimum Gasteiger partial charge on any atom is -0.335 e. The van der Waals surface area contributed by atoms with Crippen molar-refractivity contribution in [3.05, 3.63) is 44.8 Å². The van der Waals surface area contributed by atoms with Gasteiger partial charge in [0, 0.05) is 22.7 Å². The third-order valence-electron chi connectivity index (χ3n) is 3.84. The minimum atomic E-state index is 0.331. The van der Waals surface area contributed by atoms with E-state index in [0.29, 0.717) is 18.4 Å². The van der Waals surface area contributed by atoms with Gasteiger partial charge in [-0.2, -0.15) is 0 Å². The van der Waals surface area contributed by atoms with Gasteiger partial charge in [-0.25, -0.2) is 0 Å². The summed E-state index contributed by atoms with van der Waals surface area (Å²) >= 11 is 3.55. The fourth-order valence-electron chi connectivity index (χ4n) is 2.85. The van der Waals surface area contributed by atoms with E-state index in [1.165, 1.54) is 9.75 Å². The number of nitrogens with zero attached hydrogens (tertiary/aromatic N) is 1. The van der Waals surface area contributed by atoms with Crippen LogP contribution < -0.4 is 0 Å². The number of aryl methyl sites for hydroxylation is 1. The molecule has 2 aromatic heterocycles. The molecule has 3 rings (SSSR count). The zero-order valence-corrected chi connectivity index (χ0v) is 13.1. The molecule has 0 N–H and O–H groups in total. The van der Waals surface area contributed by atoms with Crippen molar-refractivity contribution >= 4 is 28.6 Å². The molecule has 0 aromatic carbocycles. The number of hydrogen-bond donors (Lipinski definition) is 0. The van der Waals surface area contributed by atoms with Gasteiger partial charge in [0.1, 0.15) is 0 Å². The van der Waals surface area contributed by atoms with Crippen LogP contribution >= 0.6 is 22.7 Å². The van der Waals surface area contributed by atoms with E-state index >= 15 is 0 Å². The second-order valence-corrected chi connectivity index (χ2v) is 7.21. The van der Waals surface area contributed by atoms with Crippen LogP contribution in [0.25, 0.3) is 0 Å². The first-order valence-electron chi connectivity index (χ1n) is 7.20. The lowest BCUT2D eigenvalue weighted by molar-refractivity contribution is -0.132. The van der Waals surface area contributed by atoms with Crippen molar-refractivity contribution in [1.82, 2.24) is 4.90 Å². The molecule has 3 heterocycles. The number of rotatable bonds is 5. The highest BCUT2D eigenvalue weighted by Crippen LogP contribution is 2.34. The number of amides is 1. The summed E-state index contributed by atoms with van der Waals surface area (Å²) in [5, 5.41) is 4.21. The van der Waals surface area contributed by atoms with E-state index in [1.807, 2.05) is 0 Å². The zero-order valence-electron chi connectivity index (χ0n) is 11.5. The molecule has 0 saturated carbocycles. The fraction of sp³-hybridized carbons (Fsp3) is 0.438. The first kappa shape index (κ1) is 13.8. The standard InChI is InChI=1S/C16H19NOS2/c18-16(9-1-5-13-6-3-11-19-13)17-10-2-7-14(17)15-8-4-12-20-15/h3-4,6,8,11-12,14H,1-2,5,7,9-10H2/t14-/m1/s1. The lowest BCUT2D eigenvalue weighted by Gasteiger charge is -2.24. The van der Waals surface area contributed by atoms with E-state index in [4.69, 9.17) is 0 Å². The van der Waals surface area contributed by atoms with Gasteiger partial charge in [0.15, 0.2) is 0 Å². The molecular weight excluding hydrogens is 286 g/mol. The van der Waals surface area contributed by atoms with Crippen molar-refractivity contribution in [2.75, 3.05) is 6.54 Å². The van der Waals surface area contributed by atoms with Crippen LogP contribution in [0.1, 0.15) is 41.5 Å². The quantitative estimate of drug-likeness (QED) is 0.796. The molecule has 1 aliphatic heterocycles. The molecule has 1 aliphatic rings. The van der Waals surface area contributed by atoms with Gasteiger partial charge in [-0.15, -0.1) is 22.7 Å². The summed E-state index contributed by atoms with van der Waals surface area (Å²) < 4.78 is 0. The third kappa shape index (κ3) is 3.13. The van der Waals surface area contributed by atoms with Gasteiger partial charge in [0.2, 0.25) is 5.91 Å². The highest BCUT2D eigenvalue weighted by Gasteiger charge is 2.29. The summed E-state index contributed by atoms with van der Waals surface area (Å²) in [4.78, 5) is 17.2. The highest BCUT2D eigenvalue weighted by atomic mass is 32.1. The highest BCUT2D eigenvalue weighted by molar-refractivity contribution is 7.10. The predicted octanol–water partition coefficient (Wildman–Crippen LogP) is 4.50. The Hall–Kier alpha value is -1.13. The van der Waals surface area contributed by atoms with Gasteiger partial charge in [-0.3, -0.25) is 4.79 Å². The minimum absolute atomic E-state index is 0.331. The molecule has 4 heteroatoms. The summed E-state index contributed by atoms with van der Waals surface area (Å²) in [7, 11) is 0. The van der Waals surface area contributed by atoms with Gasteiger partial charge in [0.05, 0.1) is 6.04 Å². The largest absolute Gasteiger partial charge is 0.335 e. The first-order valence-corrected chi connectivity index (χ1v) is 8.96. The smallest absolute Gasteiger partial charge is 0.223 e. The van der Waals surface area contributed by atoms with Gasteiger partial charge in [-0.05, 0) is 48.6 Å². The topological polar surface area (TPSA) is 20.3 Å². The Morgan fingerprint density at radius 3 is 2.85 bits per heavy atom. The van der Waals surface area contributed by atoms with E-state index in [0.717, 1.165) is 32.2 Å². The Balaban J connectivity index is 1.53. The Labute approximate surface area is 128 Å². The van der Waals surface area contributed by atoms with E-state index in [9.17, 15) is 4.79 Å². The van der Waals surface area contributed by atoms with E-state index < -0.39 is 0 Å². The molecule has 0 aliphatic carbocycles. The monoisotopic (exact) mass is 305 g/mol. The van der Waals surface area contributed by atoms with Crippen molar-refractivity contribution < 1.29 is 4.79 Å². The van der Waals surface area contributed by atoms with Gasteiger partial charge < -0.3 is 4.90 Å². The van der Waals surface area contributed by atoms with Crippen molar-refractivity contribution in [1.29, 1.82) is 0 Å². The molecule has 2 aromatic rings. The van der Waals surface area contributed by atoms with Crippen LogP contribution in [-0.2, 0) is 11.2 Å².